The lowest BCUT2D eigenvalue weighted by molar-refractivity contribution is -0.123. The standard InChI is InChI=1S/C14H11N3O2/c18-13-14(19)17-12(9-4-2-1-3-5-9)10-6-7-15-8-11(10)16-13/h1-8,14,19H,(H,16,18). The number of hydrogen-bond acceptors (Lipinski definition) is 4. The molecule has 1 aromatic carbocycles. The lowest BCUT2D eigenvalue weighted by Crippen LogP contribution is -2.24. The quantitative estimate of drug-likeness (QED) is 0.801. The number of carbonyl (C=O) groups is 1. The Morgan fingerprint density at radius 3 is 2.74 bits per heavy atom. The van der Waals surface area contributed by atoms with E-state index in [1.54, 1.807) is 18.5 Å². The molecule has 2 heterocycles. The van der Waals surface area contributed by atoms with Gasteiger partial charge in [0, 0.05) is 17.3 Å². The number of benzene rings is 1. The largest absolute Gasteiger partial charge is 0.364 e. The van der Waals surface area contributed by atoms with Crippen molar-refractivity contribution in [2.24, 2.45) is 4.99 Å². The monoisotopic (exact) mass is 253 g/mol. The molecule has 1 atom stereocenters. The van der Waals surface area contributed by atoms with E-state index in [0.29, 0.717) is 11.4 Å². The number of aliphatic hydroxyl groups is 1. The molecule has 1 aromatic heterocycles. The Bertz CT molecular complexity index is 653. The summed E-state index contributed by atoms with van der Waals surface area (Å²) in [7, 11) is 0. The summed E-state index contributed by atoms with van der Waals surface area (Å²) in [6.07, 6.45) is 1.76. The fourth-order valence-electron chi connectivity index (χ4n) is 1.97. The Morgan fingerprint density at radius 2 is 1.95 bits per heavy atom. The molecule has 5 heteroatoms. The highest BCUT2D eigenvalue weighted by atomic mass is 16.3. The van der Waals surface area contributed by atoms with Gasteiger partial charge in [0.05, 0.1) is 17.6 Å². The smallest absolute Gasteiger partial charge is 0.276 e. The highest BCUT2D eigenvalue weighted by Gasteiger charge is 2.23. The number of nitrogens with zero attached hydrogens (tertiary/aromatic N) is 2. The van der Waals surface area contributed by atoms with Gasteiger partial charge in [0.25, 0.3) is 5.91 Å². The van der Waals surface area contributed by atoms with Gasteiger partial charge in [-0.05, 0) is 6.07 Å². The van der Waals surface area contributed by atoms with E-state index in [2.05, 4.69) is 15.3 Å². The minimum Gasteiger partial charge on any atom is -0.364 e. The molecular formula is C14H11N3O2. The molecule has 19 heavy (non-hydrogen) atoms. The maximum atomic E-state index is 11.7. The number of rotatable bonds is 1. The van der Waals surface area contributed by atoms with Crippen molar-refractivity contribution in [1.82, 2.24) is 4.98 Å². The predicted molar refractivity (Wildman–Crippen MR) is 71.0 cm³/mol. The van der Waals surface area contributed by atoms with E-state index in [0.717, 1.165) is 11.1 Å². The molecule has 1 unspecified atom stereocenters. The van der Waals surface area contributed by atoms with Crippen molar-refractivity contribution in [3.8, 4) is 0 Å². The second-order valence-electron chi connectivity index (χ2n) is 4.13. The average Bonchev–Trinajstić information content (AvgIpc) is 2.58. The summed E-state index contributed by atoms with van der Waals surface area (Å²) < 4.78 is 0. The number of aromatic nitrogens is 1. The zero-order valence-corrected chi connectivity index (χ0v) is 9.95. The van der Waals surface area contributed by atoms with Crippen LogP contribution in [0.2, 0.25) is 0 Å². The van der Waals surface area contributed by atoms with Crippen LogP contribution in [0.5, 0.6) is 0 Å². The first-order valence-corrected chi connectivity index (χ1v) is 5.82. The van der Waals surface area contributed by atoms with Crippen LogP contribution in [0.25, 0.3) is 0 Å². The maximum absolute atomic E-state index is 11.7. The zero-order valence-electron chi connectivity index (χ0n) is 9.95. The normalized spacial score (nSPS) is 18.1. The third-order valence-electron chi connectivity index (χ3n) is 2.87. The molecule has 94 valence electrons. The molecule has 0 saturated heterocycles. The van der Waals surface area contributed by atoms with Gasteiger partial charge in [0.15, 0.2) is 0 Å². The fraction of sp³-hybridized carbons (Fsp3) is 0.0714. The second kappa shape index (κ2) is 4.62. The number of pyridine rings is 1. The van der Waals surface area contributed by atoms with Crippen LogP contribution in [-0.2, 0) is 4.79 Å². The van der Waals surface area contributed by atoms with Crippen molar-refractivity contribution in [1.29, 1.82) is 0 Å². The van der Waals surface area contributed by atoms with Crippen LogP contribution in [-0.4, -0.2) is 27.9 Å². The Hall–Kier alpha value is -2.53. The van der Waals surface area contributed by atoms with Crippen molar-refractivity contribution >= 4 is 17.3 Å². The second-order valence-corrected chi connectivity index (χ2v) is 4.13. The van der Waals surface area contributed by atoms with Gasteiger partial charge in [-0.2, -0.15) is 0 Å². The molecule has 5 nitrogen and oxygen atoms in total. The van der Waals surface area contributed by atoms with Crippen molar-refractivity contribution in [3.05, 3.63) is 59.9 Å². The molecule has 2 N–H and O–H groups in total. The third-order valence-corrected chi connectivity index (χ3v) is 2.87. The first kappa shape index (κ1) is 11.6. The summed E-state index contributed by atoms with van der Waals surface area (Å²) in [5, 5.41) is 12.3. The van der Waals surface area contributed by atoms with Crippen LogP contribution in [0.3, 0.4) is 0 Å². The van der Waals surface area contributed by atoms with Gasteiger partial charge >= 0.3 is 0 Å². The van der Waals surface area contributed by atoms with E-state index in [1.165, 1.54) is 0 Å². The number of nitrogens with one attached hydrogen (secondary N) is 1. The van der Waals surface area contributed by atoms with Crippen molar-refractivity contribution in [2.45, 2.75) is 6.23 Å². The van der Waals surface area contributed by atoms with E-state index >= 15 is 0 Å². The number of anilines is 1. The molecule has 1 aliphatic rings. The third kappa shape index (κ3) is 2.11. The summed E-state index contributed by atoms with van der Waals surface area (Å²) in [4.78, 5) is 19.7. The number of aliphatic hydroxyl groups excluding tert-OH is 1. The van der Waals surface area contributed by atoms with Crippen LogP contribution in [0.1, 0.15) is 11.1 Å². The topological polar surface area (TPSA) is 74.6 Å². The molecule has 0 saturated carbocycles. The van der Waals surface area contributed by atoms with Crippen molar-refractivity contribution < 1.29 is 9.90 Å². The maximum Gasteiger partial charge on any atom is 0.276 e. The van der Waals surface area contributed by atoms with Crippen LogP contribution in [0.4, 0.5) is 5.69 Å². The lowest BCUT2D eigenvalue weighted by atomic mass is 10.0. The van der Waals surface area contributed by atoms with Gasteiger partial charge in [-0.3, -0.25) is 9.78 Å². The first-order valence-electron chi connectivity index (χ1n) is 5.82. The number of aliphatic imine (C=N–C) groups is 1. The molecule has 3 rings (SSSR count). The van der Waals surface area contributed by atoms with E-state index < -0.39 is 12.1 Å². The van der Waals surface area contributed by atoms with Gasteiger partial charge in [-0.15, -0.1) is 0 Å². The summed E-state index contributed by atoms with van der Waals surface area (Å²) in [6, 6.07) is 11.2. The Labute approximate surface area is 109 Å². The summed E-state index contributed by atoms with van der Waals surface area (Å²) in [5.74, 6) is -0.555. The van der Waals surface area contributed by atoms with Crippen molar-refractivity contribution in [3.63, 3.8) is 0 Å². The predicted octanol–water partition coefficient (Wildman–Crippen LogP) is 1.19. The van der Waals surface area contributed by atoms with E-state index in [9.17, 15) is 9.90 Å². The zero-order chi connectivity index (χ0) is 13.2. The van der Waals surface area contributed by atoms with E-state index in [4.69, 9.17) is 0 Å². The van der Waals surface area contributed by atoms with Gasteiger partial charge in [0.2, 0.25) is 6.23 Å². The first-order chi connectivity index (χ1) is 9.25. The van der Waals surface area contributed by atoms with Gasteiger partial charge < -0.3 is 10.4 Å². The average molecular weight is 253 g/mol. The van der Waals surface area contributed by atoms with Crippen molar-refractivity contribution in [2.75, 3.05) is 5.32 Å². The number of amides is 1. The molecule has 0 aliphatic carbocycles. The van der Waals surface area contributed by atoms with E-state index in [-0.39, 0.29) is 0 Å². The Balaban J connectivity index is 2.21. The number of hydrogen-bond donors (Lipinski definition) is 2. The molecular weight excluding hydrogens is 242 g/mol. The van der Waals surface area contributed by atoms with Gasteiger partial charge in [-0.25, -0.2) is 4.99 Å². The summed E-state index contributed by atoms with van der Waals surface area (Å²) in [6.45, 7) is 0. The van der Waals surface area contributed by atoms with Crippen LogP contribution < -0.4 is 5.32 Å². The highest BCUT2D eigenvalue weighted by molar-refractivity contribution is 6.19. The van der Waals surface area contributed by atoms with Crippen LogP contribution >= 0.6 is 0 Å². The molecule has 1 aliphatic heterocycles. The molecule has 2 aromatic rings. The SMILES string of the molecule is O=C1Nc2cnccc2C(c2ccccc2)=NC1O. The molecule has 0 radical (unpaired) electrons. The number of fused-ring (bicyclic) bond motifs is 1. The fourth-order valence-corrected chi connectivity index (χ4v) is 1.97. The van der Waals surface area contributed by atoms with E-state index in [1.807, 2.05) is 30.3 Å². The summed E-state index contributed by atoms with van der Waals surface area (Å²) in [5.41, 5.74) is 2.70. The lowest BCUT2D eigenvalue weighted by Gasteiger charge is -2.08. The minimum atomic E-state index is -1.41. The highest BCUT2D eigenvalue weighted by Crippen LogP contribution is 2.22. The minimum absolute atomic E-state index is 0.548. The Kier molecular flexibility index (Phi) is 2.81. The molecule has 0 bridgehead atoms. The Morgan fingerprint density at radius 1 is 1.16 bits per heavy atom. The van der Waals surface area contributed by atoms with Gasteiger partial charge in [0.1, 0.15) is 0 Å². The molecule has 0 fully saturated rings. The van der Waals surface area contributed by atoms with Crippen LogP contribution in [0, 0.1) is 0 Å². The van der Waals surface area contributed by atoms with Crippen LogP contribution in [0.15, 0.2) is 53.8 Å². The van der Waals surface area contributed by atoms with Gasteiger partial charge in [-0.1, -0.05) is 30.3 Å². The molecule has 1 amide bonds. The molecule has 0 spiro atoms. The number of carbonyl (C=O) groups excluding carboxylic acids is 1. The summed E-state index contributed by atoms with van der Waals surface area (Å²) >= 11 is 0.